The lowest BCUT2D eigenvalue weighted by Crippen LogP contribution is -2.34. The fourth-order valence-electron chi connectivity index (χ4n) is 5.77. The van der Waals surface area contributed by atoms with Crippen molar-refractivity contribution >= 4 is 0 Å². The van der Waals surface area contributed by atoms with E-state index in [1.54, 1.807) is 0 Å². The van der Waals surface area contributed by atoms with Gasteiger partial charge in [-0.1, -0.05) is 72.6 Å². The minimum absolute atomic E-state index is 0.227. The molecule has 0 heterocycles. The molecular formula is C22H41F. The van der Waals surface area contributed by atoms with E-state index in [9.17, 15) is 4.39 Å². The Balaban J connectivity index is 2.11. The van der Waals surface area contributed by atoms with E-state index in [-0.39, 0.29) is 11.3 Å². The summed E-state index contributed by atoms with van der Waals surface area (Å²) in [7, 11) is 0. The number of unbranched alkanes of at least 4 members (excludes halogenated alkanes) is 1. The van der Waals surface area contributed by atoms with Gasteiger partial charge in [0, 0.05) is 0 Å². The van der Waals surface area contributed by atoms with E-state index in [2.05, 4.69) is 27.7 Å². The quantitative estimate of drug-likeness (QED) is 0.453. The highest BCUT2D eigenvalue weighted by Crippen LogP contribution is 2.53. The van der Waals surface area contributed by atoms with Gasteiger partial charge in [0.05, 0.1) is 0 Å². The molecule has 0 nitrogen and oxygen atoms in total. The molecule has 0 aromatic heterocycles. The van der Waals surface area contributed by atoms with Gasteiger partial charge < -0.3 is 0 Å². The minimum atomic E-state index is -0.595. The topological polar surface area (TPSA) is 0 Å². The summed E-state index contributed by atoms with van der Waals surface area (Å²) >= 11 is 0. The van der Waals surface area contributed by atoms with Crippen molar-refractivity contribution in [2.75, 3.05) is 0 Å². The molecular weight excluding hydrogens is 283 g/mol. The van der Waals surface area contributed by atoms with Gasteiger partial charge in [-0.2, -0.15) is 0 Å². The average molecular weight is 325 g/mol. The van der Waals surface area contributed by atoms with E-state index in [0.717, 1.165) is 37.0 Å². The van der Waals surface area contributed by atoms with E-state index >= 15 is 0 Å². The first-order chi connectivity index (χ1) is 11.0. The third-order valence-corrected chi connectivity index (χ3v) is 7.52. The van der Waals surface area contributed by atoms with Gasteiger partial charge in [-0.15, -0.1) is 0 Å². The summed E-state index contributed by atoms with van der Waals surface area (Å²) in [6.45, 7) is 9.16. The van der Waals surface area contributed by atoms with Crippen molar-refractivity contribution in [1.82, 2.24) is 0 Å². The molecule has 0 spiro atoms. The lowest BCUT2D eigenvalue weighted by Gasteiger charge is -2.40. The highest BCUT2D eigenvalue weighted by Gasteiger charge is 2.44. The van der Waals surface area contributed by atoms with E-state index in [0.29, 0.717) is 0 Å². The molecule has 0 radical (unpaired) electrons. The molecule has 0 saturated heterocycles. The molecule has 2 aliphatic rings. The predicted molar refractivity (Wildman–Crippen MR) is 99.4 cm³/mol. The molecule has 0 amide bonds. The van der Waals surface area contributed by atoms with Crippen LogP contribution in [0.15, 0.2) is 0 Å². The van der Waals surface area contributed by atoms with Gasteiger partial charge in [0.1, 0.15) is 6.17 Å². The van der Waals surface area contributed by atoms with Gasteiger partial charge in [0.25, 0.3) is 0 Å². The summed E-state index contributed by atoms with van der Waals surface area (Å²) in [6, 6.07) is 0. The van der Waals surface area contributed by atoms with Crippen LogP contribution in [0.5, 0.6) is 0 Å². The number of alkyl halides is 1. The minimum Gasteiger partial charge on any atom is -0.247 e. The monoisotopic (exact) mass is 324 g/mol. The number of rotatable bonds is 7. The first kappa shape index (κ1) is 19.3. The highest BCUT2D eigenvalue weighted by molar-refractivity contribution is 4.94. The zero-order valence-corrected chi connectivity index (χ0v) is 16.2. The van der Waals surface area contributed by atoms with Crippen molar-refractivity contribution in [3.8, 4) is 0 Å². The molecule has 2 saturated carbocycles. The van der Waals surface area contributed by atoms with Gasteiger partial charge in [0.2, 0.25) is 0 Å². The molecule has 6 atom stereocenters. The second-order valence-corrected chi connectivity index (χ2v) is 9.10. The number of fused-ring (bicyclic) bond motifs is 1. The lowest BCUT2D eigenvalue weighted by atomic mass is 9.66. The molecule has 0 aliphatic heterocycles. The molecule has 23 heavy (non-hydrogen) atoms. The van der Waals surface area contributed by atoms with E-state index in [4.69, 9.17) is 0 Å². The molecule has 0 aromatic rings. The maximum Gasteiger partial charge on any atom is 0.103 e. The molecule has 0 N–H and O–H groups in total. The van der Waals surface area contributed by atoms with Crippen molar-refractivity contribution in [1.29, 1.82) is 0 Å². The second kappa shape index (κ2) is 8.86. The van der Waals surface area contributed by atoms with Crippen LogP contribution in [0.25, 0.3) is 0 Å². The van der Waals surface area contributed by atoms with E-state index in [1.807, 2.05) is 0 Å². The standard InChI is InChI=1S/C22H41F/c1-5-7-13-21(23)17(3)22(4)15-14-18-11-8-9-12-20(18)19(16-22)10-6-2/h17-21H,5-16H2,1-4H3. The largest absolute Gasteiger partial charge is 0.247 e. The van der Waals surface area contributed by atoms with Crippen molar-refractivity contribution in [2.45, 2.75) is 111 Å². The molecule has 136 valence electrons. The summed E-state index contributed by atoms with van der Waals surface area (Å²) < 4.78 is 14.8. The van der Waals surface area contributed by atoms with Crippen LogP contribution in [0.4, 0.5) is 4.39 Å². The van der Waals surface area contributed by atoms with E-state index < -0.39 is 6.17 Å². The number of hydrogen-bond acceptors (Lipinski definition) is 0. The Morgan fingerprint density at radius 1 is 1.09 bits per heavy atom. The first-order valence-corrected chi connectivity index (χ1v) is 10.7. The van der Waals surface area contributed by atoms with Crippen molar-refractivity contribution < 1.29 is 4.39 Å². The zero-order valence-electron chi connectivity index (χ0n) is 16.2. The van der Waals surface area contributed by atoms with Crippen LogP contribution in [0.2, 0.25) is 0 Å². The Morgan fingerprint density at radius 3 is 2.52 bits per heavy atom. The Morgan fingerprint density at radius 2 is 1.83 bits per heavy atom. The number of halogens is 1. The SMILES string of the molecule is CCCCC(F)C(C)C1(C)CCC2CCCCC2C(CCC)C1. The molecule has 2 fully saturated rings. The Kier molecular flexibility index (Phi) is 7.42. The molecule has 1 heteroatoms. The predicted octanol–water partition coefficient (Wildman–Crippen LogP) is 7.56. The maximum atomic E-state index is 14.8. The van der Waals surface area contributed by atoms with Gasteiger partial charge in [0.15, 0.2) is 0 Å². The Hall–Kier alpha value is -0.0700. The van der Waals surface area contributed by atoms with Crippen LogP contribution in [-0.4, -0.2) is 6.17 Å². The van der Waals surface area contributed by atoms with Crippen LogP contribution in [0, 0.1) is 29.1 Å². The molecule has 0 aromatic carbocycles. The zero-order chi connectivity index (χ0) is 16.9. The summed E-state index contributed by atoms with van der Waals surface area (Å²) in [5.74, 6) is 2.99. The molecule has 2 rings (SSSR count). The van der Waals surface area contributed by atoms with Gasteiger partial charge in [-0.3, -0.25) is 0 Å². The average Bonchev–Trinajstić information content (AvgIpc) is 2.70. The van der Waals surface area contributed by atoms with Crippen molar-refractivity contribution in [3.05, 3.63) is 0 Å². The summed E-state index contributed by atoms with van der Waals surface area (Å²) in [5, 5.41) is 0. The van der Waals surface area contributed by atoms with E-state index in [1.165, 1.54) is 57.8 Å². The Bertz CT molecular complexity index is 339. The van der Waals surface area contributed by atoms with Crippen LogP contribution < -0.4 is 0 Å². The van der Waals surface area contributed by atoms with Gasteiger partial charge >= 0.3 is 0 Å². The highest BCUT2D eigenvalue weighted by atomic mass is 19.1. The third-order valence-electron chi connectivity index (χ3n) is 7.52. The van der Waals surface area contributed by atoms with Crippen LogP contribution in [0.3, 0.4) is 0 Å². The van der Waals surface area contributed by atoms with Gasteiger partial charge in [-0.05, 0) is 61.2 Å². The third kappa shape index (κ3) is 4.73. The maximum absolute atomic E-state index is 14.8. The Labute approximate surface area is 145 Å². The molecule has 6 unspecified atom stereocenters. The summed E-state index contributed by atoms with van der Waals surface area (Å²) in [5.41, 5.74) is 0.227. The number of hydrogen-bond donors (Lipinski definition) is 0. The molecule has 2 aliphatic carbocycles. The summed E-state index contributed by atoms with van der Waals surface area (Å²) in [6.07, 6.45) is 14.7. The second-order valence-electron chi connectivity index (χ2n) is 9.10. The van der Waals surface area contributed by atoms with Crippen molar-refractivity contribution in [3.63, 3.8) is 0 Å². The normalized spacial score (nSPS) is 37.7. The fourth-order valence-corrected chi connectivity index (χ4v) is 5.77. The van der Waals surface area contributed by atoms with Crippen LogP contribution in [0.1, 0.15) is 105 Å². The van der Waals surface area contributed by atoms with Crippen LogP contribution in [-0.2, 0) is 0 Å². The fraction of sp³-hybridized carbons (Fsp3) is 1.00. The lowest BCUT2D eigenvalue weighted by molar-refractivity contribution is 0.0585. The van der Waals surface area contributed by atoms with Gasteiger partial charge in [-0.25, -0.2) is 4.39 Å². The van der Waals surface area contributed by atoms with Crippen LogP contribution >= 0.6 is 0 Å². The molecule has 0 bridgehead atoms. The summed E-state index contributed by atoms with van der Waals surface area (Å²) in [4.78, 5) is 0. The first-order valence-electron chi connectivity index (χ1n) is 10.7. The van der Waals surface area contributed by atoms with Crippen molar-refractivity contribution in [2.24, 2.45) is 29.1 Å². The smallest absolute Gasteiger partial charge is 0.103 e.